The first kappa shape index (κ1) is 22.1. The van der Waals surface area contributed by atoms with E-state index in [0.717, 1.165) is 19.5 Å². The number of rotatable bonds is 9. The Balaban J connectivity index is 0.00000312. The number of guanidine groups is 1. The van der Waals surface area contributed by atoms with E-state index in [1.165, 1.54) is 18.8 Å². The van der Waals surface area contributed by atoms with Gasteiger partial charge in [-0.1, -0.05) is 12.1 Å². The summed E-state index contributed by atoms with van der Waals surface area (Å²) in [5, 5.41) is 6.50. The number of nitrogens with two attached hydrogens (primary N) is 1. The molecule has 25 heavy (non-hydrogen) atoms. The van der Waals surface area contributed by atoms with Crippen molar-refractivity contribution in [1.82, 2.24) is 20.1 Å². The van der Waals surface area contributed by atoms with Crippen molar-refractivity contribution in [2.45, 2.75) is 31.6 Å². The van der Waals surface area contributed by atoms with Crippen LogP contribution >= 0.6 is 24.0 Å². The number of sulfonamides is 1. The molecule has 0 amide bonds. The summed E-state index contributed by atoms with van der Waals surface area (Å²) in [4.78, 5) is 6.74. The summed E-state index contributed by atoms with van der Waals surface area (Å²) < 4.78 is 30.7. The highest BCUT2D eigenvalue weighted by Gasteiger charge is 2.22. The number of nitrogens with zero attached hydrogens (tertiary/aromatic N) is 3. The zero-order chi connectivity index (χ0) is 17.4. The Labute approximate surface area is 165 Å². The van der Waals surface area contributed by atoms with Crippen LogP contribution in [0.2, 0.25) is 0 Å². The lowest BCUT2D eigenvalue weighted by atomic mass is 10.2. The summed E-state index contributed by atoms with van der Waals surface area (Å²) in [6, 6.07) is 1.97. The van der Waals surface area contributed by atoms with Crippen LogP contribution in [-0.4, -0.2) is 63.2 Å². The van der Waals surface area contributed by atoms with E-state index in [-0.39, 0.29) is 36.3 Å². The zero-order valence-electron chi connectivity index (χ0n) is 14.3. The fourth-order valence-corrected chi connectivity index (χ4v) is 3.79. The van der Waals surface area contributed by atoms with Crippen molar-refractivity contribution in [3.63, 3.8) is 0 Å². The maximum atomic E-state index is 11.8. The lowest BCUT2D eigenvalue weighted by Gasteiger charge is -2.20. The highest BCUT2D eigenvalue weighted by Crippen LogP contribution is 2.16. The average Bonchev–Trinajstić information content (AvgIpc) is 3.20. The van der Waals surface area contributed by atoms with E-state index < -0.39 is 10.0 Å². The minimum Gasteiger partial charge on any atom is -0.370 e. The molecule has 1 aromatic heterocycles. The van der Waals surface area contributed by atoms with Crippen molar-refractivity contribution in [3.8, 4) is 0 Å². The number of likely N-dealkylation sites (N-methyl/N-ethyl adjacent to an activating group) is 1. The van der Waals surface area contributed by atoms with Gasteiger partial charge in [0.1, 0.15) is 12.0 Å². The molecule has 1 aromatic rings. The van der Waals surface area contributed by atoms with Crippen molar-refractivity contribution in [3.05, 3.63) is 18.0 Å². The second-order valence-corrected chi connectivity index (χ2v) is 7.53. The Hall–Kier alpha value is -0.920. The Kier molecular flexibility index (Phi) is 9.67. The molecule has 0 spiro atoms. The lowest BCUT2D eigenvalue weighted by Crippen LogP contribution is -2.39. The van der Waals surface area contributed by atoms with Crippen LogP contribution < -0.4 is 15.8 Å². The summed E-state index contributed by atoms with van der Waals surface area (Å²) in [6.07, 6.45) is 3.69. The van der Waals surface area contributed by atoms with Crippen molar-refractivity contribution < 1.29 is 12.9 Å². The normalized spacial score (nSPS) is 18.9. The molecule has 0 radical (unpaired) electrons. The largest absolute Gasteiger partial charge is 0.370 e. The van der Waals surface area contributed by atoms with E-state index >= 15 is 0 Å². The van der Waals surface area contributed by atoms with Crippen molar-refractivity contribution in [1.29, 1.82) is 0 Å². The topological polar surface area (TPSA) is 126 Å². The highest BCUT2D eigenvalue weighted by molar-refractivity contribution is 14.0. The molecular weight excluding hydrogens is 459 g/mol. The molecule has 1 saturated heterocycles. The molecule has 1 unspecified atom stereocenters. The van der Waals surface area contributed by atoms with Gasteiger partial charge in [0, 0.05) is 25.2 Å². The first-order valence-electron chi connectivity index (χ1n) is 8.14. The van der Waals surface area contributed by atoms with Gasteiger partial charge < -0.3 is 15.6 Å². The number of nitrogens with one attached hydrogen (secondary N) is 2. The maximum Gasteiger partial charge on any atom is 0.217 e. The molecule has 0 aliphatic carbocycles. The molecule has 2 rings (SSSR count). The summed E-state index contributed by atoms with van der Waals surface area (Å²) in [5.41, 5.74) is 6.19. The van der Waals surface area contributed by atoms with Gasteiger partial charge in [0.25, 0.3) is 0 Å². The van der Waals surface area contributed by atoms with Gasteiger partial charge in [-0.15, -0.1) is 24.0 Å². The quantitative estimate of drug-likeness (QED) is 0.196. The Morgan fingerprint density at radius 1 is 1.52 bits per heavy atom. The zero-order valence-corrected chi connectivity index (χ0v) is 17.5. The standard InChI is InChI=1S/C14H26N6O3S.HI/c1-2-20-8-3-4-13(20)10-17-14(15)16-6-7-18-24(21,22)11-12-5-9-23-19-12;/h5,9,13,18H,2-4,6-8,10-11H2,1H3,(H3,15,16,17);1H. The predicted molar refractivity (Wildman–Crippen MR) is 107 cm³/mol. The van der Waals surface area contributed by atoms with Crippen LogP contribution in [0.3, 0.4) is 0 Å². The van der Waals surface area contributed by atoms with Crippen LogP contribution in [0.15, 0.2) is 21.8 Å². The monoisotopic (exact) mass is 486 g/mol. The fraction of sp³-hybridized carbons (Fsp3) is 0.714. The molecule has 2 heterocycles. The molecule has 1 fully saturated rings. The SMILES string of the molecule is CCN1CCCC1CN=C(N)NCCNS(=O)(=O)Cc1ccon1.I. The molecule has 1 aliphatic rings. The van der Waals surface area contributed by atoms with Crippen LogP contribution in [0.5, 0.6) is 0 Å². The Morgan fingerprint density at radius 2 is 2.32 bits per heavy atom. The van der Waals surface area contributed by atoms with Gasteiger partial charge >= 0.3 is 0 Å². The third-order valence-electron chi connectivity index (χ3n) is 3.96. The molecule has 0 bridgehead atoms. The number of likely N-dealkylation sites (tertiary alicyclic amines) is 1. The Morgan fingerprint density at radius 3 is 3.00 bits per heavy atom. The fourth-order valence-electron chi connectivity index (χ4n) is 2.73. The summed E-state index contributed by atoms with van der Waals surface area (Å²) >= 11 is 0. The van der Waals surface area contributed by atoms with Gasteiger partial charge in [-0.05, 0) is 25.9 Å². The molecule has 144 valence electrons. The van der Waals surface area contributed by atoms with Crippen LogP contribution in [-0.2, 0) is 15.8 Å². The second-order valence-electron chi connectivity index (χ2n) is 5.72. The first-order valence-corrected chi connectivity index (χ1v) is 9.80. The number of halogens is 1. The van der Waals surface area contributed by atoms with E-state index in [1.54, 1.807) is 0 Å². The van der Waals surface area contributed by atoms with Gasteiger partial charge in [-0.2, -0.15) is 0 Å². The third-order valence-corrected chi connectivity index (χ3v) is 5.28. The highest BCUT2D eigenvalue weighted by atomic mass is 127. The van der Waals surface area contributed by atoms with Crippen molar-refractivity contribution in [2.24, 2.45) is 10.7 Å². The smallest absolute Gasteiger partial charge is 0.217 e. The Bertz CT molecular complexity index is 623. The van der Waals surface area contributed by atoms with Crippen LogP contribution in [0.25, 0.3) is 0 Å². The lowest BCUT2D eigenvalue weighted by molar-refractivity contribution is 0.273. The van der Waals surface area contributed by atoms with Gasteiger partial charge in [-0.3, -0.25) is 9.89 Å². The minimum absolute atomic E-state index is 0. The molecule has 0 aromatic carbocycles. The number of hydrogen-bond donors (Lipinski definition) is 3. The summed E-state index contributed by atoms with van der Waals surface area (Å²) in [5.74, 6) is 0.135. The summed E-state index contributed by atoms with van der Waals surface area (Å²) in [6.45, 7) is 5.56. The van der Waals surface area contributed by atoms with Crippen LogP contribution in [0, 0.1) is 0 Å². The number of hydrogen-bond acceptors (Lipinski definition) is 6. The first-order chi connectivity index (χ1) is 11.5. The molecule has 0 saturated carbocycles. The van der Waals surface area contributed by atoms with Gasteiger partial charge in [0.15, 0.2) is 5.96 Å². The van der Waals surface area contributed by atoms with Gasteiger partial charge in [0.2, 0.25) is 10.0 Å². The van der Waals surface area contributed by atoms with E-state index in [1.807, 2.05) is 0 Å². The van der Waals surface area contributed by atoms with E-state index in [2.05, 4.69) is 36.5 Å². The minimum atomic E-state index is -3.44. The molecule has 1 atom stereocenters. The molecular formula is C14H27IN6O3S. The van der Waals surface area contributed by atoms with E-state index in [0.29, 0.717) is 30.8 Å². The maximum absolute atomic E-state index is 11.8. The van der Waals surface area contributed by atoms with E-state index in [4.69, 9.17) is 5.73 Å². The number of aliphatic imine (C=N–C) groups is 1. The van der Waals surface area contributed by atoms with Crippen molar-refractivity contribution in [2.75, 3.05) is 32.7 Å². The number of aromatic nitrogens is 1. The predicted octanol–water partition coefficient (Wildman–Crippen LogP) is 0.101. The average molecular weight is 486 g/mol. The van der Waals surface area contributed by atoms with Gasteiger partial charge in [0.05, 0.1) is 12.2 Å². The van der Waals surface area contributed by atoms with E-state index in [9.17, 15) is 8.42 Å². The third kappa shape index (κ3) is 7.88. The van der Waals surface area contributed by atoms with Gasteiger partial charge in [-0.25, -0.2) is 13.1 Å². The van der Waals surface area contributed by atoms with Crippen LogP contribution in [0.1, 0.15) is 25.5 Å². The van der Waals surface area contributed by atoms with Crippen molar-refractivity contribution >= 4 is 40.0 Å². The molecule has 1 aliphatic heterocycles. The summed E-state index contributed by atoms with van der Waals surface area (Å²) in [7, 11) is -3.44. The molecule has 11 heteroatoms. The second kappa shape index (κ2) is 10.9. The molecule has 9 nitrogen and oxygen atoms in total. The van der Waals surface area contributed by atoms with Crippen LogP contribution in [0.4, 0.5) is 0 Å². The molecule has 4 N–H and O–H groups in total.